The number of benzene rings is 1. The molecule has 5 rings (SSSR count). The molecule has 0 saturated carbocycles. The quantitative estimate of drug-likeness (QED) is 0.425. The zero-order chi connectivity index (χ0) is 26.5. The molecule has 4 N–H and O–H groups in total. The summed E-state index contributed by atoms with van der Waals surface area (Å²) in [4.78, 5) is 24.3. The van der Waals surface area contributed by atoms with Gasteiger partial charge in [-0.2, -0.15) is 0 Å². The molecule has 37 heavy (non-hydrogen) atoms. The average molecular weight is 511 g/mol. The molecule has 0 radical (unpaired) electrons. The molecule has 10 nitrogen and oxygen atoms in total. The van der Waals surface area contributed by atoms with Gasteiger partial charge >= 0.3 is 6.09 Å². The summed E-state index contributed by atoms with van der Waals surface area (Å²) in [6.45, 7) is 8.79. The summed E-state index contributed by atoms with van der Waals surface area (Å²) >= 11 is 0. The zero-order valence-electron chi connectivity index (χ0n) is 21.3. The Kier molecular flexibility index (Phi) is 6.28. The number of fused-ring (bicyclic) bond motifs is 2. The van der Waals surface area contributed by atoms with Crippen molar-refractivity contribution in [3.8, 4) is 17.0 Å². The van der Waals surface area contributed by atoms with E-state index in [2.05, 4.69) is 20.2 Å². The third kappa shape index (κ3) is 4.49. The number of nitrogens with zero attached hydrogens (tertiary/aromatic N) is 4. The lowest BCUT2D eigenvalue weighted by Gasteiger charge is -2.46. The lowest BCUT2D eigenvalue weighted by atomic mass is 9.96. The van der Waals surface area contributed by atoms with Crippen molar-refractivity contribution >= 4 is 34.1 Å². The second-order valence-electron chi connectivity index (χ2n) is 10.1. The van der Waals surface area contributed by atoms with E-state index in [0.717, 1.165) is 11.3 Å². The molecular weight excluding hydrogens is 479 g/mol. The van der Waals surface area contributed by atoms with Crippen molar-refractivity contribution in [3.05, 3.63) is 35.9 Å². The van der Waals surface area contributed by atoms with Crippen molar-refractivity contribution in [2.24, 2.45) is 0 Å². The van der Waals surface area contributed by atoms with Gasteiger partial charge in [0.1, 0.15) is 18.1 Å². The first-order chi connectivity index (χ1) is 17.6. The van der Waals surface area contributed by atoms with Gasteiger partial charge in [-0.25, -0.2) is 19.2 Å². The number of ether oxygens (including phenoxy) is 2. The highest BCUT2D eigenvalue weighted by molar-refractivity contribution is 6.00. The van der Waals surface area contributed by atoms with Crippen LogP contribution in [-0.2, 0) is 4.74 Å². The van der Waals surface area contributed by atoms with Crippen LogP contribution in [0.3, 0.4) is 0 Å². The number of rotatable bonds is 6. The summed E-state index contributed by atoms with van der Waals surface area (Å²) in [5.41, 5.74) is 8.18. The third-order valence-electron chi connectivity index (χ3n) is 7.13. The van der Waals surface area contributed by atoms with E-state index in [-0.39, 0.29) is 28.7 Å². The second-order valence-corrected chi connectivity index (χ2v) is 10.1. The van der Waals surface area contributed by atoms with Crippen LogP contribution in [0, 0.1) is 12.7 Å². The number of carbonyl (C=O) groups is 1. The summed E-state index contributed by atoms with van der Waals surface area (Å²) < 4.78 is 26.5. The number of methoxy groups -OCH3 is 1. The molecule has 3 aromatic rings. The molecule has 1 aromatic carbocycles. The molecule has 2 aliphatic rings. The number of carboxylic acid groups (broad SMARTS) is 1. The van der Waals surface area contributed by atoms with Gasteiger partial charge < -0.3 is 25.6 Å². The number of nitrogen functional groups attached to an aromatic ring is 1. The molecule has 0 spiro atoms. The summed E-state index contributed by atoms with van der Waals surface area (Å²) in [5, 5.41) is 14.3. The van der Waals surface area contributed by atoms with Crippen molar-refractivity contribution in [1.29, 1.82) is 0 Å². The van der Waals surface area contributed by atoms with Crippen LogP contribution < -0.4 is 20.7 Å². The average Bonchev–Trinajstić information content (AvgIpc) is 2.85. The van der Waals surface area contributed by atoms with E-state index in [0.29, 0.717) is 55.0 Å². The lowest BCUT2D eigenvalue weighted by Crippen LogP contribution is -2.63. The molecule has 2 aromatic heterocycles. The minimum atomic E-state index is -1.10. The molecule has 0 bridgehead atoms. The Morgan fingerprint density at radius 3 is 2.78 bits per heavy atom. The minimum Gasteiger partial charge on any atom is -0.474 e. The number of hydrogen-bond donors (Lipinski definition) is 3. The molecule has 1 fully saturated rings. The Hall–Kier alpha value is -3.70. The first-order valence-corrected chi connectivity index (χ1v) is 12.1. The number of halogens is 1. The smallest absolute Gasteiger partial charge is 0.413 e. The maximum absolute atomic E-state index is 15.5. The molecule has 0 atom stereocenters. The Labute approximate surface area is 214 Å². The highest BCUT2D eigenvalue weighted by Gasteiger charge is 2.38. The van der Waals surface area contributed by atoms with E-state index in [1.165, 1.54) is 11.1 Å². The molecule has 1 saturated heterocycles. The molecular formula is C26H31FN6O4. The van der Waals surface area contributed by atoms with Crippen LogP contribution in [0.5, 0.6) is 5.88 Å². The van der Waals surface area contributed by atoms with E-state index in [1.807, 2.05) is 20.8 Å². The summed E-state index contributed by atoms with van der Waals surface area (Å²) in [6.07, 6.45) is 1.90. The fourth-order valence-electron chi connectivity index (χ4n) is 4.99. The van der Waals surface area contributed by atoms with E-state index in [4.69, 9.17) is 15.2 Å². The van der Waals surface area contributed by atoms with Gasteiger partial charge in [0.15, 0.2) is 5.82 Å². The number of amides is 1. The molecule has 0 unspecified atom stereocenters. The van der Waals surface area contributed by atoms with E-state index in [9.17, 15) is 9.90 Å². The zero-order valence-corrected chi connectivity index (χ0v) is 21.3. The van der Waals surface area contributed by atoms with Gasteiger partial charge in [0.05, 0.1) is 17.3 Å². The monoisotopic (exact) mass is 510 g/mol. The number of pyridine rings is 2. The number of nitrogens with two attached hydrogens (primary N) is 1. The molecule has 0 aliphatic carbocycles. The van der Waals surface area contributed by atoms with Crippen LogP contribution in [0.25, 0.3) is 21.9 Å². The van der Waals surface area contributed by atoms with Crippen LogP contribution in [0.15, 0.2) is 24.5 Å². The molecule has 11 heteroatoms. The van der Waals surface area contributed by atoms with Crippen molar-refractivity contribution < 1.29 is 23.8 Å². The number of anilines is 3. The second kappa shape index (κ2) is 9.31. The van der Waals surface area contributed by atoms with E-state index >= 15 is 4.39 Å². The number of nitrogens with one attached hydrogen (secondary N) is 1. The predicted octanol–water partition coefficient (Wildman–Crippen LogP) is 3.72. The van der Waals surface area contributed by atoms with Crippen molar-refractivity contribution in [2.45, 2.75) is 32.4 Å². The third-order valence-corrected chi connectivity index (χ3v) is 7.13. The number of hydrogen-bond acceptors (Lipinski definition) is 8. The predicted molar refractivity (Wildman–Crippen MR) is 140 cm³/mol. The minimum absolute atomic E-state index is 0.0497. The number of aromatic nitrogens is 2. The standard InChI is InChI=1S/C26H31FN6O4/c1-14-18(9-31-24-23(14)29-5-6-37-24)17-7-15-8-20(30-10-19(15)22(28)21(17)27)33(25(34)35)16-11-32(12-16)13-26(2,3)36-4/h7-10,16,29H,5-6,11-13,28H2,1-4H3,(H,34,35). The first kappa shape index (κ1) is 25.0. The topological polar surface area (TPSA) is 126 Å². The maximum atomic E-state index is 15.5. The molecule has 1 amide bonds. The van der Waals surface area contributed by atoms with Crippen LogP contribution in [0.1, 0.15) is 19.4 Å². The Morgan fingerprint density at radius 2 is 2.08 bits per heavy atom. The van der Waals surface area contributed by atoms with Crippen LogP contribution >= 0.6 is 0 Å². The van der Waals surface area contributed by atoms with Crippen LogP contribution in [-0.4, -0.2) is 77.6 Å². The van der Waals surface area contributed by atoms with Crippen LogP contribution in [0.4, 0.5) is 26.4 Å². The summed E-state index contributed by atoms with van der Waals surface area (Å²) in [7, 11) is 1.66. The van der Waals surface area contributed by atoms with Crippen molar-refractivity contribution in [3.63, 3.8) is 0 Å². The molecule has 196 valence electrons. The van der Waals surface area contributed by atoms with Gasteiger partial charge in [-0.1, -0.05) is 0 Å². The van der Waals surface area contributed by atoms with Crippen molar-refractivity contribution in [2.75, 3.05) is 55.8 Å². The Balaban J connectivity index is 1.50. The van der Waals surface area contributed by atoms with Crippen LogP contribution in [0.2, 0.25) is 0 Å². The lowest BCUT2D eigenvalue weighted by molar-refractivity contribution is -0.0263. The van der Waals surface area contributed by atoms with Gasteiger partial charge in [-0.15, -0.1) is 0 Å². The normalized spacial score (nSPS) is 16.0. The molecule has 4 heterocycles. The highest BCUT2D eigenvalue weighted by atomic mass is 19.1. The summed E-state index contributed by atoms with van der Waals surface area (Å²) in [6, 6.07) is 3.05. The van der Waals surface area contributed by atoms with E-state index < -0.39 is 11.9 Å². The summed E-state index contributed by atoms with van der Waals surface area (Å²) in [5.74, 6) is 0.172. The van der Waals surface area contributed by atoms with E-state index in [1.54, 1.807) is 25.4 Å². The SMILES string of the molecule is COC(C)(C)CN1CC(N(C(=O)O)c2cc3cc(-c4cnc5c(c4C)NCCO5)c(F)c(N)c3cn2)C1. The van der Waals surface area contributed by atoms with Gasteiger partial charge in [-0.05, 0) is 43.9 Å². The maximum Gasteiger partial charge on any atom is 0.413 e. The van der Waals surface area contributed by atoms with Gasteiger partial charge in [0.2, 0.25) is 5.88 Å². The Bertz CT molecular complexity index is 1380. The fourth-order valence-corrected chi connectivity index (χ4v) is 4.99. The van der Waals surface area contributed by atoms with Gasteiger partial charge in [-0.3, -0.25) is 9.80 Å². The van der Waals surface area contributed by atoms with Crippen molar-refractivity contribution in [1.82, 2.24) is 14.9 Å². The number of likely N-dealkylation sites (tertiary alicyclic amines) is 1. The fraction of sp³-hybridized carbons (Fsp3) is 0.423. The molecule has 2 aliphatic heterocycles. The van der Waals surface area contributed by atoms with Gasteiger partial charge in [0.25, 0.3) is 0 Å². The largest absolute Gasteiger partial charge is 0.474 e. The van der Waals surface area contributed by atoms with Gasteiger partial charge in [0, 0.05) is 62.2 Å². The Morgan fingerprint density at radius 1 is 1.32 bits per heavy atom. The highest BCUT2D eigenvalue weighted by Crippen LogP contribution is 2.40. The first-order valence-electron chi connectivity index (χ1n) is 12.1.